The second kappa shape index (κ2) is 5.46. The molecule has 16 heavy (non-hydrogen) atoms. The molecule has 0 aromatic carbocycles. The van der Waals surface area contributed by atoms with E-state index in [1.807, 2.05) is 0 Å². The van der Waals surface area contributed by atoms with Crippen molar-refractivity contribution in [3.05, 3.63) is 16.9 Å². The number of halogens is 1. The third-order valence-electron chi connectivity index (χ3n) is 2.05. The maximum atomic E-state index is 5.95. The lowest BCUT2D eigenvalue weighted by Gasteiger charge is -2.18. The van der Waals surface area contributed by atoms with Crippen LogP contribution < -0.4 is 5.32 Å². The molecular formula is C11H18ClN3O. The minimum atomic E-state index is -0.0374. The normalized spacial score (nSPS) is 11.6. The maximum Gasteiger partial charge on any atom is 0.224 e. The Morgan fingerprint density at radius 3 is 2.62 bits per heavy atom. The molecule has 0 aliphatic heterocycles. The summed E-state index contributed by atoms with van der Waals surface area (Å²) >= 11 is 5.95. The second-order valence-electron chi connectivity index (χ2n) is 4.57. The SMILES string of the molecule is COCCNc1nc(Cl)cc(C(C)(C)C)n1. The van der Waals surface area contributed by atoms with Gasteiger partial charge in [0, 0.05) is 19.1 Å². The molecule has 4 nitrogen and oxygen atoms in total. The van der Waals surface area contributed by atoms with Crippen molar-refractivity contribution < 1.29 is 4.74 Å². The molecule has 0 bridgehead atoms. The highest BCUT2D eigenvalue weighted by Crippen LogP contribution is 2.23. The molecular weight excluding hydrogens is 226 g/mol. The van der Waals surface area contributed by atoms with Crippen LogP contribution in [0, 0.1) is 0 Å². The number of ether oxygens (including phenoxy) is 1. The summed E-state index contributed by atoms with van der Waals surface area (Å²) in [4.78, 5) is 8.52. The highest BCUT2D eigenvalue weighted by molar-refractivity contribution is 6.29. The summed E-state index contributed by atoms with van der Waals surface area (Å²) in [5, 5.41) is 3.53. The number of methoxy groups -OCH3 is 1. The van der Waals surface area contributed by atoms with Gasteiger partial charge in [0.2, 0.25) is 5.95 Å². The standard InChI is InChI=1S/C11H18ClN3O/c1-11(2,3)8-7-9(12)15-10(14-8)13-5-6-16-4/h7H,5-6H2,1-4H3,(H,13,14,15). The van der Waals surface area contributed by atoms with Gasteiger partial charge in [0.1, 0.15) is 5.15 Å². The first kappa shape index (κ1) is 13.2. The van der Waals surface area contributed by atoms with E-state index in [4.69, 9.17) is 16.3 Å². The largest absolute Gasteiger partial charge is 0.383 e. The summed E-state index contributed by atoms with van der Waals surface area (Å²) in [6.45, 7) is 7.54. The maximum absolute atomic E-state index is 5.95. The van der Waals surface area contributed by atoms with Gasteiger partial charge in [-0.15, -0.1) is 0 Å². The average Bonchev–Trinajstić information content (AvgIpc) is 2.16. The fraction of sp³-hybridized carbons (Fsp3) is 0.636. The van der Waals surface area contributed by atoms with Gasteiger partial charge < -0.3 is 10.1 Å². The van der Waals surface area contributed by atoms with Crippen LogP contribution in [0.1, 0.15) is 26.5 Å². The lowest BCUT2D eigenvalue weighted by molar-refractivity contribution is 0.210. The van der Waals surface area contributed by atoms with Gasteiger partial charge in [-0.05, 0) is 6.07 Å². The van der Waals surface area contributed by atoms with Crippen LogP contribution in [0.2, 0.25) is 5.15 Å². The number of aromatic nitrogens is 2. The van der Waals surface area contributed by atoms with Crippen molar-refractivity contribution in [3.8, 4) is 0 Å². The molecule has 0 amide bonds. The summed E-state index contributed by atoms with van der Waals surface area (Å²) in [5.41, 5.74) is 0.886. The molecule has 0 aliphatic carbocycles. The molecule has 0 atom stereocenters. The first-order chi connectivity index (χ1) is 7.43. The summed E-state index contributed by atoms with van der Waals surface area (Å²) < 4.78 is 4.94. The van der Waals surface area contributed by atoms with Crippen LogP contribution >= 0.6 is 11.6 Å². The number of nitrogens with zero attached hydrogens (tertiary/aromatic N) is 2. The van der Waals surface area contributed by atoms with Gasteiger partial charge in [0.25, 0.3) is 0 Å². The van der Waals surface area contributed by atoms with Gasteiger partial charge >= 0.3 is 0 Å². The Balaban J connectivity index is 2.82. The minimum absolute atomic E-state index is 0.0374. The van der Waals surface area contributed by atoms with Crippen LogP contribution in [0.4, 0.5) is 5.95 Å². The quantitative estimate of drug-likeness (QED) is 0.652. The molecule has 0 saturated carbocycles. The van der Waals surface area contributed by atoms with Crippen LogP contribution in [0.25, 0.3) is 0 Å². The fourth-order valence-corrected chi connectivity index (χ4v) is 1.33. The zero-order valence-electron chi connectivity index (χ0n) is 10.2. The van der Waals surface area contributed by atoms with Crippen LogP contribution in [0.5, 0.6) is 0 Å². The Morgan fingerprint density at radius 1 is 1.38 bits per heavy atom. The number of hydrogen-bond donors (Lipinski definition) is 1. The van der Waals surface area contributed by atoms with Gasteiger partial charge in [-0.3, -0.25) is 0 Å². The highest BCUT2D eigenvalue weighted by Gasteiger charge is 2.17. The van der Waals surface area contributed by atoms with Crippen molar-refractivity contribution in [2.75, 3.05) is 25.6 Å². The Morgan fingerprint density at radius 2 is 2.06 bits per heavy atom. The Hall–Kier alpha value is -0.870. The Kier molecular flexibility index (Phi) is 4.50. The Labute approximate surface area is 101 Å². The van der Waals surface area contributed by atoms with E-state index in [1.165, 1.54) is 0 Å². The fourth-order valence-electron chi connectivity index (χ4n) is 1.15. The Bertz CT molecular complexity index is 350. The van der Waals surface area contributed by atoms with E-state index in [0.29, 0.717) is 24.3 Å². The number of anilines is 1. The molecule has 1 aromatic rings. The second-order valence-corrected chi connectivity index (χ2v) is 4.96. The van der Waals surface area contributed by atoms with Crippen molar-refractivity contribution in [3.63, 3.8) is 0 Å². The highest BCUT2D eigenvalue weighted by atomic mass is 35.5. The van der Waals surface area contributed by atoms with Crippen molar-refractivity contribution in [2.24, 2.45) is 0 Å². The van der Waals surface area contributed by atoms with Gasteiger partial charge in [0.15, 0.2) is 0 Å². The molecule has 90 valence electrons. The van der Waals surface area contributed by atoms with Crippen molar-refractivity contribution in [1.82, 2.24) is 9.97 Å². The van der Waals surface area contributed by atoms with Crippen molar-refractivity contribution in [2.45, 2.75) is 26.2 Å². The zero-order valence-corrected chi connectivity index (χ0v) is 10.9. The van der Waals surface area contributed by atoms with Crippen LogP contribution in [0.15, 0.2) is 6.07 Å². The lowest BCUT2D eigenvalue weighted by atomic mass is 9.92. The predicted octanol–water partition coefficient (Wildman–Crippen LogP) is 2.49. The van der Waals surface area contributed by atoms with E-state index in [0.717, 1.165) is 5.69 Å². The van der Waals surface area contributed by atoms with E-state index in [1.54, 1.807) is 13.2 Å². The molecule has 0 aliphatic rings. The molecule has 1 aromatic heterocycles. The van der Waals surface area contributed by atoms with Crippen molar-refractivity contribution >= 4 is 17.5 Å². The summed E-state index contributed by atoms with van der Waals surface area (Å²) in [5.74, 6) is 0.550. The van der Waals surface area contributed by atoms with Gasteiger partial charge in [0.05, 0.1) is 12.3 Å². The first-order valence-corrected chi connectivity index (χ1v) is 5.59. The average molecular weight is 244 g/mol. The van der Waals surface area contributed by atoms with E-state index in [2.05, 4.69) is 36.1 Å². The van der Waals surface area contributed by atoms with E-state index in [9.17, 15) is 0 Å². The summed E-state index contributed by atoms with van der Waals surface area (Å²) in [7, 11) is 1.65. The summed E-state index contributed by atoms with van der Waals surface area (Å²) in [6, 6.07) is 1.79. The molecule has 0 spiro atoms. The smallest absolute Gasteiger partial charge is 0.224 e. The van der Waals surface area contributed by atoms with E-state index >= 15 is 0 Å². The molecule has 0 radical (unpaired) electrons. The number of hydrogen-bond acceptors (Lipinski definition) is 4. The molecule has 1 heterocycles. The molecule has 0 unspecified atom stereocenters. The zero-order chi connectivity index (χ0) is 12.2. The van der Waals surface area contributed by atoms with E-state index < -0.39 is 0 Å². The van der Waals surface area contributed by atoms with E-state index in [-0.39, 0.29) is 5.41 Å². The van der Waals surface area contributed by atoms with Gasteiger partial charge in [-0.25, -0.2) is 9.97 Å². The van der Waals surface area contributed by atoms with Gasteiger partial charge in [-0.2, -0.15) is 0 Å². The topological polar surface area (TPSA) is 47.0 Å². The predicted molar refractivity (Wildman–Crippen MR) is 66.1 cm³/mol. The molecule has 5 heteroatoms. The number of nitrogens with one attached hydrogen (secondary N) is 1. The lowest BCUT2D eigenvalue weighted by Crippen LogP contribution is -2.17. The van der Waals surface area contributed by atoms with Crippen LogP contribution in [0.3, 0.4) is 0 Å². The summed E-state index contributed by atoms with van der Waals surface area (Å²) in [6.07, 6.45) is 0. The van der Waals surface area contributed by atoms with Crippen LogP contribution in [-0.4, -0.2) is 30.2 Å². The molecule has 0 fully saturated rings. The molecule has 1 rings (SSSR count). The third-order valence-corrected chi connectivity index (χ3v) is 2.25. The molecule has 1 N–H and O–H groups in total. The first-order valence-electron chi connectivity index (χ1n) is 5.21. The third kappa shape index (κ3) is 3.94. The van der Waals surface area contributed by atoms with Crippen molar-refractivity contribution in [1.29, 1.82) is 0 Å². The molecule has 0 saturated heterocycles. The van der Waals surface area contributed by atoms with Crippen LogP contribution in [-0.2, 0) is 10.2 Å². The monoisotopic (exact) mass is 243 g/mol. The van der Waals surface area contributed by atoms with Gasteiger partial charge in [-0.1, -0.05) is 32.4 Å². The number of rotatable bonds is 4. The minimum Gasteiger partial charge on any atom is -0.383 e.